The van der Waals surface area contributed by atoms with Gasteiger partial charge in [0.05, 0.1) is 20.1 Å². The van der Waals surface area contributed by atoms with Gasteiger partial charge in [-0.15, -0.1) is 0 Å². The molecule has 0 fully saturated rings. The van der Waals surface area contributed by atoms with Crippen LogP contribution < -0.4 is 39.9 Å². The van der Waals surface area contributed by atoms with Crippen LogP contribution in [-0.2, 0) is 6.54 Å². The molecule has 0 radical (unpaired) electrons. The molecule has 0 aliphatic carbocycles. The first-order chi connectivity index (χ1) is 14.6. The maximum absolute atomic E-state index is 2.49. The molecular weight excluding hydrogens is 508 g/mol. The molecule has 0 atom stereocenters. The van der Waals surface area contributed by atoms with Crippen molar-refractivity contribution in [1.29, 1.82) is 0 Å². The van der Waals surface area contributed by atoms with E-state index in [-0.39, 0.29) is 24.0 Å². The Labute approximate surface area is 208 Å². The quantitative estimate of drug-likeness (QED) is 0.198. The maximum atomic E-state index is 2.49. The summed E-state index contributed by atoms with van der Waals surface area (Å²) >= 11 is 0. The van der Waals surface area contributed by atoms with E-state index in [4.69, 9.17) is 0 Å². The second kappa shape index (κ2) is 13.4. The van der Waals surface area contributed by atoms with E-state index >= 15 is 0 Å². The first-order valence-electron chi connectivity index (χ1n) is 11.5. The van der Waals surface area contributed by atoms with Crippen molar-refractivity contribution in [2.75, 3.05) is 20.1 Å². The molecular formula is C28H37INP. The van der Waals surface area contributed by atoms with Gasteiger partial charge in [0.1, 0.15) is 6.54 Å². The highest BCUT2D eigenvalue weighted by Gasteiger charge is 2.22. The average molecular weight is 545 g/mol. The van der Waals surface area contributed by atoms with Crippen molar-refractivity contribution >= 4 is 23.8 Å². The minimum Gasteiger partial charge on any atom is -1.00 e. The van der Waals surface area contributed by atoms with Crippen molar-refractivity contribution in [2.24, 2.45) is 0 Å². The molecule has 0 aliphatic rings. The molecule has 0 heterocycles. The van der Waals surface area contributed by atoms with Crippen LogP contribution >= 0.6 is 7.92 Å². The summed E-state index contributed by atoms with van der Waals surface area (Å²) in [4.78, 5) is 0. The fraction of sp³-hybridized carbons (Fsp3) is 0.357. The molecule has 0 unspecified atom stereocenters. The molecule has 0 saturated heterocycles. The summed E-state index contributed by atoms with van der Waals surface area (Å²) in [5.41, 5.74) is 1.47. The molecule has 0 aliphatic heterocycles. The number of nitrogens with zero attached hydrogens (tertiary/aromatic N) is 1. The Bertz CT molecular complexity index is 834. The van der Waals surface area contributed by atoms with E-state index in [1.165, 1.54) is 60.2 Å². The van der Waals surface area contributed by atoms with Crippen LogP contribution in [0.3, 0.4) is 0 Å². The summed E-state index contributed by atoms with van der Waals surface area (Å²) in [5.74, 6) is 0. The van der Waals surface area contributed by atoms with E-state index in [9.17, 15) is 0 Å². The molecule has 0 N–H and O–H groups in total. The van der Waals surface area contributed by atoms with E-state index in [2.05, 4.69) is 106 Å². The number of halogens is 1. The van der Waals surface area contributed by atoms with Crippen molar-refractivity contribution < 1.29 is 28.5 Å². The lowest BCUT2D eigenvalue weighted by molar-refractivity contribution is -0.923. The van der Waals surface area contributed by atoms with Crippen LogP contribution in [0.2, 0.25) is 0 Å². The van der Waals surface area contributed by atoms with Crippen LogP contribution in [0.15, 0.2) is 84.9 Å². The third kappa shape index (κ3) is 7.70. The SMILES string of the molecule is CCCC[N+](C)(CCCC)Cc1cccc(P(c2ccccc2)c2ccccc2)c1.[I-]. The molecule has 0 amide bonds. The Hall–Kier alpha value is -1.22. The third-order valence-corrected chi connectivity index (χ3v) is 8.29. The third-order valence-electron chi connectivity index (χ3n) is 5.86. The minimum atomic E-state index is -0.533. The Morgan fingerprint density at radius 3 is 1.61 bits per heavy atom. The lowest BCUT2D eigenvalue weighted by Crippen LogP contribution is -3.00. The van der Waals surface area contributed by atoms with Gasteiger partial charge in [-0.1, -0.05) is 106 Å². The molecule has 3 aromatic carbocycles. The van der Waals surface area contributed by atoms with Gasteiger partial charge in [-0.3, -0.25) is 0 Å². The lowest BCUT2D eigenvalue weighted by atomic mass is 10.1. The van der Waals surface area contributed by atoms with Crippen molar-refractivity contribution in [3.63, 3.8) is 0 Å². The molecule has 0 spiro atoms. The normalized spacial score (nSPS) is 11.4. The van der Waals surface area contributed by atoms with Crippen LogP contribution in [0.4, 0.5) is 0 Å². The van der Waals surface area contributed by atoms with Gasteiger partial charge >= 0.3 is 0 Å². The van der Waals surface area contributed by atoms with Gasteiger partial charge in [0, 0.05) is 5.56 Å². The molecule has 166 valence electrons. The number of hydrogen-bond acceptors (Lipinski definition) is 0. The summed E-state index contributed by atoms with van der Waals surface area (Å²) in [6, 6.07) is 31.5. The Kier molecular flexibility index (Phi) is 11.2. The molecule has 3 heteroatoms. The Balaban J connectivity index is 0.00000341. The number of hydrogen-bond donors (Lipinski definition) is 0. The molecule has 0 bridgehead atoms. The maximum Gasteiger partial charge on any atom is 0.104 e. The van der Waals surface area contributed by atoms with Gasteiger partial charge in [0.15, 0.2) is 0 Å². The number of rotatable bonds is 11. The van der Waals surface area contributed by atoms with E-state index in [0.717, 1.165) is 11.0 Å². The highest BCUT2D eigenvalue weighted by molar-refractivity contribution is 7.79. The fourth-order valence-corrected chi connectivity index (χ4v) is 6.55. The highest BCUT2D eigenvalue weighted by Crippen LogP contribution is 2.33. The predicted molar refractivity (Wildman–Crippen MR) is 135 cm³/mol. The number of quaternary nitrogens is 1. The zero-order valence-corrected chi connectivity index (χ0v) is 22.4. The summed E-state index contributed by atoms with van der Waals surface area (Å²) in [6.07, 6.45) is 5.15. The van der Waals surface area contributed by atoms with E-state index in [1.807, 2.05) is 0 Å². The van der Waals surface area contributed by atoms with Crippen LogP contribution in [0.25, 0.3) is 0 Å². The van der Waals surface area contributed by atoms with Gasteiger partial charge in [-0.25, -0.2) is 0 Å². The van der Waals surface area contributed by atoms with Crippen molar-refractivity contribution in [3.05, 3.63) is 90.5 Å². The summed E-state index contributed by atoms with van der Waals surface area (Å²) in [5, 5.41) is 4.30. The van der Waals surface area contributed by atoms with Crippen molar-refractivity contribution in [3.8, 4) is 0 Å². The van der Waals surface area contributed by atoms with Crippen LogP contribution in [0.5, 0.6) is 0 Å². The van der Waals surface area contributed by atoms with Crippen molar-refractivity contribution in [2.45, 2.75) is 46.1 Å². The minimum absolute atomic E-state index is 0. The van der Waals surface area contributed by atoms with Crippen LogP contribution in [0, 0.1) is 0 Å². The van der Waals surface area contributed by atoms with Gasteiger partial charge in [0.25, 0.3) is 0 Å². The Morgan fingerprint density at radius 2 is 1.13 bits per heavy atom. The molecule has 0 saturated carbocycles. The van der Waals surface area contributed by atoms with Crippen LogP contribution in [0.1, 0.15) is 45.1 Å². The fourth-order valence-electron chi connectivity index (χ4n) is 4.19. The summed E-state index contributed by atoms with van der Waals surface area (Å²) in [6.45, 7) is 8.27. The van der Waals surface area contributed by atoms with Crippen molar-refractivity contribution in [1.82, 2.24) is 0 Å². The Morgan fingerprint density at radius 1 is 0.645 bits per heavy atom. The zero-order chi connectivity index (χ0) is 21.2. The summed E-state index contributed by atoms with van der Waals surface area (Å²) < 4.78 is 1.15. The molecule has 3 rings (SSSR count). The van der Waals surface area contributed by atoms with Crippen LogP contribution in [-0.4, -0.2) is 24.6 Å². The van der Waals surface area contributed by atoms with Gasteiger partial charge in [-0.05, 0) is 42.7 Å². The average Bonchev–Trinajstić information content (AvgIpc) is 2.78. The molecule has 3 aromatic rings. The smallest absolute Gasteiger partial charge is 0.104 e. The van der Waals surface area contributed by atoms with Gasteiger partial charge in [-0.2, -0.15) is 0 Å². The number of benzene rings is 3. The standard InChI is InChI=1S/C28H37NP.HI/c1-4-6-21-29(3,22-7-5-2)24-25-15-14-20-28(23-25)30(26-16-10-8-11-17-26)27-18-12-9-13-19-27;/h8-20,23H,4-7,21-22,24H2,1-3H3;1H/q+1;/p-1. The highest BCUT2D eigenvalue weighted by atomic mass is 127. The van der Waals surface area contributed by atoms with Gasteiger partial charge in [0.2, 0.25) is 0 Å². The predicted octanol–water partition coefficient (Wildman–Crippen LogP) is 3.00. The van der Waals surface area contributed by atoms with E-state index < -0.39 is 7.92 Å². The number of unbranched alkanes of at least 4 members (excludes halogenated alkanes) is 2. The first kappa shape index (κ1) is 26.0. The van der Waals surface area contributed by atoms with E-state index in [0.29, 0.717) is 0 Å². The molecule has 1 nitrogen and oxygen atoms in total. The first-order valence-corrected chi connectivity index (χ1v) is 12.8. The summed E-state index contributed by atoms with van der Waals surface area (Å²) in [7, 11) is 1.92. The monoisotopic (exact) mass is 545 g/mol. The van der Waals surface area contributed by atoms with E-state index in [1.54, 1.807) is 0 Å². The molecule has 0 aromatic heterocycles. The second-order valence-corrected chi connectivity index (χ2v) is 10.8. The molecule has 31 heavy (non-hydrogen) atoms. The lowest BCUT2D eigenvalue weighted by Gasteiger charge is -2.35. The largest absolute Gasteiger partial charge is 1.00 e. The van der Waals surface area contributed by atoms with Gasteiger partial charge < -0.3 is 28.5 Å². The zero-order valence-electron chi connectivity index (χ0n) is 19.3. The second-order valence-electron chi connectivity index (χ2n) is 8.61. The topological polar surface area (TPSA) is 0 Å².